The lowest BCUT2D eigenvalue weighted by Gasteiger charge is -2.04. The summed E-state index contributed by atoms with van der Waals surface area (Å²) in [6, 6.07) is 4.20. The molecule has 0 aliphatic rings. The molecule has 0 amide bonds. The van der Waals surface area contributed by atoms with Crippen molar-refractivity contribution < 1.29 is 24.5 Å². The standard InChI is InChI=1S/C10H8N2O5S/c1-17-5-2-3-6-7(4-5)12(10(15)16)8(18)11(6)9(13)14/h2-4H,1H3,(H,13,14)(H,15,16)/p-2. The molecule has 94 valence electrons. The fourth-order valence-corrected chi connectivity index (χ4v) is 2.00. The molecule has 18 heavy (non-hydrogen) atoms. The van der Waals surface area contributed by atoms with Gasteiger partial charge < -0.3 is 24.5 Å². The maximum atomic E-state index is 11.0. The maximum absolute atomic E-state index is 11.0. The molecule has 7 nitrogen and oxygen atoms in total. The average molecular weight is 266 g/mol. The summed E-state index contributed by atoms with van der Waals surface area (Å²) >= 11 is 4.77. The van der Waals surface area contributed by atoms with Crippen LogP contribution in [0.25, 0.3) is 11.0 Å². The molecule has 0 spiro atoms. The van der Waals surface area contributed by atoms with Crippen LogP contribution in [0.15, 0.2) is 18.2 Å². The predicted molar refractivity (Wildman–Crippen MR) is 58.9 cm³/mol. The smallest absolute Gasteiger partial charge is 0.192 e. The fourth-order valence-electron chi connectivity index (χ4n) is 1.66. The number of aromatic nitrogens is 2. The van der Waals surface area contributed by atoms with Gasteiger partial charge in [-0.25, -0.2) is 0 Å². The summed E-state index contributed by atoms with van der Waals surface area (Å²) in [6.45, 7) is 0. The highest BCUT2D eigenvalue weighted by Gasteiger charge is 2.12. The van der Waals surface area contributed by atoms with Crippen LogP contribution in [-0.4, -0.2) is 28.4 Å². The minimum atomic E-state index is -1.63. The first-order valence-corrected chi connectivity index (χ1v) is 5.12. The second-order valence-corrected chi connectivity index (χ2v) is 3.71. The molecule has 0 unspecified atom stereocenters. The summed E-state index contributed by atoms with van der Waals surface area (Å²) in [4.78, 5) is 21.9. The van der Waals surface area contributed by atoms with Gasteiger partial charge in [0.05, 0.1) is 18.1 Å². The summed E-state index contributed by atoms with van der Waals surface area (Å²) in [5, 5.41) is 21.9. The molecule has 0 atom stereocenters. The molecule has 0 radical (unpaired) electrons. The van der Waals surface area contributed by atoms with Crippen molar-refractivity contribution in [1.29, 1.82) is 0 Å². The first-order chi connectivity index (χ1) is 8.47. The van der Waals surface area contributed by atoms with E-state index in [9.17, 15) is 19.8 Å². The fraction of sp³-hybridized carbons (Fsp3) is 0.100. The Morgan fingerprint density at radius 2 is 1.72 bits per heavy atom. The Morgan fingerprint density at radius 1 is 1.17 bits per heavy atom. The van der Waals surface area contributed by atoms with Gasteiger partial charge in [-0.3, -0.25) is 9.13 Å². The third kappa shape index (κ3) is 1.63. The average Bonchev–Trinajstić information content (AvgIpc) is 2.59. The zero-order valence-corrected chi connectivity index (χ0v) is 9.89. The molecule has 0 fully saturated rings. The minimum absolute atomic E-state index is 0.0588. The number of imidazole rings is 1. The topological polar surface area (TPSA) is 99.3 Å². The molecule has 0 saturated carbocycles. The van der Waals surface area contributed by atoms with E-state index < -0.39 is 17.0 Å². The number of ether oxygens (including phenoxy) is 1. The van der Waals surface area contributed by atoms with Gasteiger partial charge in [-0.2, -0.15) is 0 Å². The number of hydrogen-bond donors (Lipinski definition) is 0. The number of carboxylic acid groups (broad SMARTS) is 2. The van der Waals surface area contributed by atoms with E-state index in [0.717, 1.165) is 0 Å². The van der Waals surface area contributed by atoms with E-state index in [0.29, 0.717) is 14.9 Å². The highest BCUT2D eigenvalue weighted by Crippen LogP contribution is 2.22. The number of benzene rings is 1. The van der Waals surface area contributed by atoms with E-state index in [1.54, 1.807) is 0 Å². The van der Waals surface area contributed by atoms with Crippen molar-refractivity contribution in [3.63, 3.8) is 0 Å². The van der Waals surface area contributed by atoms with Crippen LogP contribution in [-0.2, 0) is 0 Å². The Labute approximate surface area is 105 Å². The second kappa shape index (κ2) is 4.15. The van der Waals surface area contributed by atoms with Gasteiger partial charge in [0.25, 0.3) is 0 Å². The number of carbonyl (C=O) groups excluding carboxylic acids is 2. The van der Waals surface area contributed by atoms with Gasteiger partial charge in [0.15, 0.2) is 4.77 Å². The maximum Gasteiger partial charge on any atom is 0.192 e. The van der Waals surface area contributed by atoms with Crippen molar-refractivity contribution in [2.24, 2.45) is 0 Å². The Bertz CT molecular complexity index is 715. The summed E-state index contributed by atoms with van der Waals surface area (Å²) in [7, 11) is 1.40. The van der Waals surface area contributed by atoms with Crippen molar-refractivity contribution in [3.8, 4) is 5.75 Å². The first kappa shape index (κ1) is 12.1. The molecule has 2 aromatic rings. The third-order valence-corrected chi connectivity index (χ3v) is 2.78. The third-order valence-electron chi connectivity index (χ3n) is 2.41. The van der Waals surface area contributed by atoms with Crippen LogP contribution in [0.1, 0.15) is 0 Å². The van der Waals surface area contributed by atoms with Crippen molar-refractivity contribution >= 4 is 35.4 Å². The molecule has 1 heterocycles. The number of methoxy groups -OCH3 is 1. The van der Waals surface area contributed by atoms with Crippen molar-refractivity contribution in [1.82, 2.24) is 9.13 Å². The van der Waals surface area contributed by atoms with E-state index >= 15 is 0 Å². The quantitative estimate of drug-likeness (QED) is 0.649. The lowest BCUT2D eigenvalue weighted by atomic mass is 10.3. The highest BCUT2D eigenvalue weighted by molar-refractivity contribution is 7.71. The molecule has 0 aliphatic carbocycles. The van der Waals surface area contributed by atoms with Gasteiger partial charge in [-0.15, -0.1) is 0 Å². The molecular formula is C10H6N2O5S-2. The molecule has 0 saturated heterocycles. The molecule has 1 aromatic heterocycles. The Hall–Kier alpha value is -2.35. The largest absolute Gasteiger partial charge is 0.529 e. The number of rotatable bonds is 1. The van der Waals surface area contributed by atoms with Crippen LogP contribution < -0.4 is 14.9 Å². The van der Waals surface area contributed by atoms with Crippen molar-refractivity contribution in [2.45, 2.75) is 0 Å². The van der Waals surface area contributed by atoms with E-state index in [-0.39, 0.29) is 11.0 Å². The van der Waals surface area contributed by atoms with Crippen LogP contribution in [0.2, 0.25) is 0 Å². The zero-order valence-electron chi connectivity index (χ0n) is 9.08. The Balaban J connectivity index is 2.97. The van der Waals surface area contributed by atoms with Gasteiger partial charge in [0.2, 0.25) is 0 Å². The van der Waals surface area contributed by atoms with Crippen LogP contribution in [0.4, 0.5) is 9.59 Å². The van der Waals surface area contributed by atoms with Crippen LogP contribution in [0.5, 0.6) is 5.75 Å². The highest BCUT2D eigenvalue weighted by atomic mass is 32.1. The first-order valence-electron chi connectivity index (χ1n) is 4.71. The summed E-state index contributed by atoms with van der Waals surface area (Å²) in [5.74, 6) is 0.364. The Morgan fingerprint density at radius 3 is 2.22 bits per heavy atom. The van der Waals surface area contributed by atoms with Crippen LogP contribution in [0, 0.1) is 4.77 Å². The molecule has 1 aromatic carbocycles. The van der Waals surface area contributed by atoms with Gasteiger partial charge in [-0.05, 0) is 24.4 Å². The van der Waals surface area contributed by atoms with Crippen LogP contribution >= 0.6 is 12.2 Å². The summed E-state index contributed by atoms with van der Waals surface area (Å²) < 4.78 is 5.64. The normalized spacial score (nSPS) is 10.5. The van der Waals surface area contributed by atoms with E-state index in [1.165, 1.54) is 25.3 Å². The SMILES string of the molecule is COc1ccc2c(c1)n(C(=O)[O-])c(=S)n2C(=O)[O-]. The summed E-state index contributed by atoms with van der Waals surface area (Å²) in [6.07, 6.45) is -3.24. The number of hydrogen-bond acceptors (Lipinski definition) is 6. The molecular weight excluding hydrogens is 260 g/mol. The number of fused-ring (bicyclic) bond motifs is 1. The van der Waals surface area contributed by atoms with Crippen molar-refractivity contribution in [3.05, 3.63) is 23.0 Å². The summed E-state index contributed by atoms with van der Waals surface area (Å²) in [5.41, 5.74) is 0.147. The predicted octanol–water partition coefficient (Wildman–Crippen LogP) is -0.436. The molecule has 8 heteroatoms. The number of carbonyl (C=O) groups is 2. The monoisotopic (exact) mass is 266 g/mol. The van der Waals surface area contributed by atoms with Gasteiger partial charge >= 0.3 is 0 Å². The van der Waals surface area contributed by atoms with Crippen LogP contribution in [0.3, 0.4) is 0 Å². The molecule has 0 N–H and O–H groups in total. The molecule has 0 aliphatic heterocycles. The molecule has 0 bridgehead atoms. The molecule has 2 rings (SSSR count). The lowest BCUT2D eigenvalue weighted by molar-refractivity contribution is -0.251. The van der Waals surface area contributed by atoms with E-state index in [4.69, 9.17) is 17.0 Å². The van der Waals surface area contributed by atoms with Gasteiger partial charge in [0, 0.05) is 6.07 Å². The minimum Gasteiger partial charge on any atom is -0.529 e. The lowest BCUT2D eigenvalue weighted by Crippen LogP contribution is -2.31. The van der Waals surface area contributed by atoms with Gasteiger partial charge in [0.1, 0.15) is 17.9 Å². The van der Waals surface area contributed by atoms with E-state index in [2.05, 4.69) is 0 Å². The number of nitrogens with zero attached hydrogens (tertiary/aromatic N) is 2. The zero-order chi connectivity index (χ0) is 13.4. The van der Waals surface area contributed by atoms with E-state index in [1.807, 2.05) is 0 Å². The van der Waals surface area contributed by atoms with Gasteiger partial charge in [-0.1, -0.05) is 0 Å². The van der Waals surface area contributed by atoms with Crippen molar-refractivity contribution in [2.75, 3.05) is 7.11 Å². The second-order valence-electron chi connectivity index (χ2n) is 3.34. The Kier molecular flexibility index (Phi) is 2.79.